The molecule has 6 nitrogen and oxygen atoms in total. The fraction of sp³-hybridized carbons (Fsp3) is 0.500. The lowest BCUT2D eigenvalue weighted by Crippen LogP contribution is -2.38. The maximum Gasteiger partial charge on any atom is 0.339 e. The van der Waals surface area contributed by atoms with Gasteiger partial charge in [0.15, 0.2) is 18.2 Å². The van der Waals surface area contributed by atoms with Crippen LogP contribution in [0.5, 0.6) is 0 Å². The van der Waals surface area contributed by atoms with E-state index in [9.17, 15) is 14.7 Å². The third-order valence-electron chi connectivity index (χ3n) is 5.17. The van der Waals surface area contributed by atoms with Crippen LogP contribution in [0.2, 0.25) is 0 Å². The number of rotatable bonds is 6. The quantitative estimate of drug-likeness (QED) is 0.787. The van der Waals surface area contributed by atoms with E-state index >= 15 is 0 Å². The molecule has 0 aromatic heterocycles. The van der Waals surface area contributed by atoms with Crippen LogP contribution in [0.15, 0.2) is 41.7 Å². The summed E-state index contributed by atoms with van der Waals surface area (Å²) >= 11 is 0. The zero-order valence-electron chi connectivity index (χ0n) is 14.4. The van der Waals surface area contributed by atoms with Crippen LogP contribution in [0.1, 0.15) is 37.2 Å². The summed E-state index contributed by atoms with van der Waals surface area (Å²) in [5, 5.41) is 10.5. The lowest BCUT2D eigenvalue weighted by molar-refractivity contribution is -0.156. The minimum Gasteiger partial charge on any atom is -0.504 e. The SMILES string of the molecule is O=C1OC(CCC2OCCO2)C(=O)C(O)=C1C(c1ccccc1)C1CC1. The molecule has 1 aliphatic carbocycles. The summed E-state index contributed by atoms with van der Waals surface area (Å²) in [4.78, 5) is 25.2. The molecule has 2 atom stereocenters. The Labute approximate surface area is 151 Å². The van der Waals surface area contributed by atoms with Crippen LogP contribution in [-0.4, -0.2) is 42.5 Å². The van der Waals surface area contributed by atoms with Gasteiger partial charge in [0.2, 0.25) is 5.78 Å². The van der Waals surface area contributed by atoms with Crippen LogP contribution >= 0.6 is 0 Å². The number of aliphatic hydroxyl groups excluding tert-OH is 1. The highest BCUT2D eigenvalue weighted by atomic mass is 16.7. The number of aliphatic hydroxyl groups is 1. The number of carbonyl (C=O) groups excluding carboxylic acids is 2. The molecule has 0 radical (unpaired) electrons. The van der Waals surface area contributed by atoms with Crippen molar-refractivity contribution in [2.45, 2.75) is 44.0 Å². The number of ketones is 1. The zero-order chi connectivity index (χ0) is 18.1. The fourth-order valence-corrected chi connectivity index (χ4v) is 3.72. The van der Waals surface area contributed by atoms with Crippen molar-refractivity contribution in [3.05, 3.63) is 47.2 Å². The normalized spacial score (nSPS) is 25.5. The molecule has 138 valence electrons. The molecule has 0 spiro atoms. The van der Waals surface area contributed by atoms with Gasteiger partial charge < -0.3 is 19.3 Å². The van der Waals surface area contributed by atoms with Crippen LogP contribution in [0.4, 0.5) is 0 Å². The predicted octanol–water partition coefficient (Wildman–Crippen LogP) is 2.64. The molecule has 2 aliphatic heterocycles. The van der Waals surface area contributed by atoms with Crippen LogP contribution in [0, 0.1) is 5.92 Å². The lowest BCUT2D eigenvalue weighted by atomic mass is 9.83. The summed E-state index contributed by atoms with van der Waals surface area (Å²) in [6.07, 6.45) is 1.30. The molecular weight excluding hydrogens is 336 g/mol. The van der Waals surface area contributed by atoms with Gasteiger partial charge in [-0.3, -0.25) is 4.79 Å². The van der Waals surface area contributed by atoms with Gasteiger partial charge in [-0.25, -0.2) is 4.79 Å². The largest absolute Gasteiger partial charge is 0.504 e. The summed E-state index contributed by atoms with van der Waals surface area (Å²) in [5.74, 6) is -1.61. The van der Waals surface area contributed by atoms with E-state index in [1.165, 1.54) is 0 Å². The van der Waals surface area contributed by atoms with Gasteiger partial charge in [-0.2, -0.15) is 0 Å². The van der Waals surface area contributed by atoms with Gasteiger partial charge >= 0.3 is 5.97 Å². The van der Waals surface area contributed by atoms with Crippen molar-refractivity contribution in [3.63, 3.8) is 0 Å². The third kappa shape index (κ3) is 3.39. The average molecular weight is 358 g/mol. The van der Waals surface area contributed by atoms with Gasteiger partial charge in [-0.05, 0) is 30.7 Å². The summed E-state index contributed by atoms with van der Waals surface area (Å²) in [5.41, 5.74) is 1.03. The Kier molecular flexibility index (Phi) is 4.78. The maximum absolute atomic E-state index is 12.6. The molecule has 1 saturated carbocycles. The molecule has 1 N–H and O–H groups in total. The first-order valence-electron chi connectivity index (χ1n) is 9.11. The molecule has 2 fully saturated rings. The van der Waals surface area contributed by atoms with Gasteiger partial charge in [0, 0.05) is 12.3 Å². The average Bonchev–Trinajstić information content (AvgIpc) is 3.35. The molecule has 2 heterocycles. The number of benzene rings is 1. The molecule has 0 bridgehead atoms. The molecule has 3 aliphatic rings. The van der Waals surface area contributed by atoms with E-state index in [2.05, 4.69) is 0 Å². The van der Waals surface area contributed by atoms with Gasteiger partial charge in [0.1, 0.15) is 0 Å². The Morgan fingerprint density at radius 2 is 1.73 bits per heavy atom. The monoisotopic (exact) mass is 358 g/mol. The van der Waals surface area contributed by atoms with Gasteiger partial charge in [0.25, 0.3) is 0 Å². The molecule has 4 rings (SSSR count). The Morgan fingerprint density at radius 3 is 2.38 bits per heavy atom. The van der Waals surface area contributed by atoms with Gasteiger partial charge in [0.05, 0.1) is 18.8 Å². The van der Waals surface area contributed by atoms with Crippen molar-refractivity contribution in [1.29, 1.82) is 0 Å². The third-order valence-corrected chi connectivity index (χ3v) is 5.17. The zero-order valence-corrected chi connectivity index (χ0v) is 14.4. The second kappa shape index (κ2) is 7.21. The second-order valence-electron chi connectivity index (χ2n) is 6.99. The molecule has 1 aromatic rings. The molecule has 1 saturated heterocycles. The minimum atomic E-state index is -0.977. The molecule has 2 unspecified atom stereocenters. The van der Waals surface area contributed by atoms with E-state index in [0.717, 1.165) is 18.4 Å². The highest BCUT2D eigenvalue weighted by Crippen LogP contribution is 2.48. The smallest absolute Gasteiger partial charge is 0.339 e. The number of carbonyl (C=O) groups is 2. The molecule has 6 heteroatoms. The van der Waals surface area contributed by atoms with Crippen molar-refractivity contribution >= 4 is 11.8 Å². The number of esters is 1. The first-order chi connectivity index (χ1) is 12.6. The van der Waals surface area contributed by atoms with E-state index in [-0.39, 0.29) is 30.1 Å². The summed E-state index contributed by atoms with van der Waals surface area (Å²) < 4.78 is 16.1. The number of ether oxygens (including phenoxy) is 3. The van der Waals surface area contributed by atoms with E-state index in [4.69, 9.17) is 14.2 Å². The van der Waals surface area contributed by atoms with Crippen molar-refractivity contribution in [2.24, 2.45) is 5.92 Å². The predicted molar refractivity (Wildman–Crippen MR) is 91.4 cm³/mol. The maximum atomic E-state index is 12.6. The fourth-order valence-electron chi connectivity index (χ4n) is 3.72. The molecule has 26 heavy (non-hydrogen) atoms. The van der Waals surface area contributed by atoms with Crippen molar-refractivity contribution in [1.82, 2.24) is 0 Å². The lowest BCUT2D eigenvalue weighted by Gasteiger charge is -2.28. The van der Waals surface area contributed by atoms with E-state index < -0.39 is 23.6 Å². The van der Waals surface area contributed by atoms with E-state index in [1.807, 2.05) is 30.3 Å². The Morgan fingerprint density at radius 1 is 1.04 bits per heavy atom. The Bertz CT molecular complexity index is 715. The topological polar surface area (TPSA) is 82.1 Å². The van der Waals surface area contributed by atoms with E-state index in [1.54, 1.807) is 0 Å². The first kappa shape index (κ1) is 17.2. The van der Waals surface area contributed by atoms with Crippen LogP contribution in [0.3, 0.4) is 0 Å². The highest BCUT2D eigenvalue weighted by Gasteiger charge is 2.45. The Hall–Kier alpha value is -2.18. The highest BCUT2D eigenvalue weighted by molar-refractivity contribution is 6.09. The summed E-state index contributed by atoms with van der Waals surface area (Å²) in [6, 6.07) is 9.52. The van der Waals surface area contributed by atoms with Crippen LogP contribution < -0.4 is 0 Å². The van der Waals surface area contributed by atoms with Crippen molar-refractivity contribution in [2.75, 3.05) is 13.2 Å². The second-order valence-corrected chi connectivity index (χ2v) is 6.99. The van der Waals surface area contributed by atoms with Gasteiger partial charge in [-0.1, -0.05) is 30.3 Å². The molecular formula is C20H22O6. The van der Waals surface area contributed by atoms with Crippen molar-refractivity contribution < 1.29 is 28.9 Å². The van der Waals surface area contributed by atoms with E-state index in [0.29, 0.717) is 19.6 Å². The standard InChI is InChI=1S/C20H22O6/c21-18-14(8-9-15-24-10-11-25-15)26-20(23)17(19(18)22)16(13-6-7-13)12-4-2-1-3-5-12/h1-5,13-16,22H,6-11H2. The summed E-state index contributed by atoms with van der Waals surface area (Å²) in [7, 11) is 0. The number of Topliss-reactive ketones (excluding diaryl/α,β-unsaturated/α-hetero) is 1. The first-order valence-corrected chi connectivity index (χ1v) is 9.11. The molecule has 1 aromatic carbocycles. The minimum absolute atomic E-state index is 0.105. The number of cyclic esters (lactones) is 1. The summed E-state index contributed by atoms with van der Waals surface area (Å²) in [6.45, 7) is 1.05. The number of hydrogen-bond donors (Lipinski definition) is 1. The number of hydrogen-bond acceptors (Lipinski definition) is 6. The van der Waals surface area contributed by atoms with Gasteiger partial charge in [-0.15, -0.1) is 0 Å². The van der Waals surface area contributed by atoms with Crippen LogP contribution in [-0.2, 0) is 23.8 Å². The van der Waals surface area contributed by atoms with Crippen LogP contribution in [0.25, 0.3) is 0 Å². The Balaban J connectivity index is 1.55. The van der Waals surface area contributed by atoms with Crippen molar-refractivity contribution in [3.8, 4) is 0 Å². The molecule has 0 amide bonds.